The standard InChI is InChI=1S/C19H22N4O4S/c1-11-16(19-21-20-18(27-19)13-8-9-13)23(3)12(2)17(11)28(24,25)22-14-6-5-7-15(10-14)26-4/h5-7,10,13,22H,8-9H2,1-4H3. The number of benzene rings is 1. The average Bonchev–Trinajstić information content (AvgIpc) is 3.34. The number of hydrogen-bond donors (Lipinski definition) is 1. The van der Waals surface area contributed by atoms with Crippen molar-refractivity contribution < 1.29 is 17.6 Å². The average molecular weight is 402 g/mol. The van der Waals surface area contributed by atoms with E-state index >= 15 is 0 Å². The largest absolute Gasteiger partial charge is 0.497 e. The van der Waals surface area contributed by atoms with Crippen LogP contribution in [0.25, 0.3) is 11.6 Å². The summed E-state index contributed by atoms with van der Waals surface area (Å²) in [5.41, 5.74) is 2.20. The predicted octanol–water partition coefficient (Wildman–Crippen LogP) is 3.38. The summed E-state index contributed by atoms with van der Waals surface area (Å²) in [6, 6.07) is 6.78. The van der Waals surface area contributed by atoms with E-state index in [2.05, 4.69) is 14.9 Å². The van der Waals surface area contributed by atoms with Crippen LogP contribution in [0.5, 0.6) is 5.75 Å². The van der Waals surface area contributed by atoms with E-state index in [0.717, 1.165) is 12.8 Å². The van der Waals surface area contributed by atoms with Crippen molar-refractivity contribution in [3.8, 4) is 17.3 Å². The highest BCUT2D eigenvalue weighted by Gasteiger charge is 2.32. The summed E-state index contributed by atoms with van der Waals surface area (Å²) < 4.78 is 41.6. The molecule has 0 radical (unpaired) electrons. The molecule has 0 unspecified atom stereocenters. The van der Waals surface area contributed by atoms with Crippen LogP contribution in [0.15, 0.2) is 33.6 Å². The van der Waals surface area contributed by atoms with Crippen molar-refractivity contribution in [2.45, 2.75) is 37.5 Å². The molecule has 0 saturated heterocycles. The lowest BCUT2D eigenvalue weighted by Crippen LogP contribution is -2.14. The normalized spacial score (nSPS) is 14.3. The van der Waals surface area contributed by atoms with E-state index in [1.54, 1.807) is 49.7 Å². The van der Waals surface area contributed by atoms with Crippen molar-refractivity contribution in [1.82, 2.24) is 14.8 Å². The molecule has 1 aromatic carbocycles. The summed E-state index contributed by atoms with van der Waals surface area (Å²) in [4.78, 5) is 0.207. The van der Waals surface area contributed by atoms with Gasteiger partial charge in [-0.3, -0.25) is 4.72 Å². The van der Waals surface area contributed by atoms with Gasteiger partial charge in [-0.1, -0.05) is 6.07 Å². The van der Waals surface area contributed by atoms with E-state index < -0.39 is 10.0 Å². The highest BCUT2D eigenvalue weighted by Crippen LogP contribution is 2.41. The highest BCUT2D eigenvalue weighted by atomic mass is 32.2. The van der Waals surface area contributed by atoms with E-state index in [9.17, 15) is 8.42 Å². The van der Waals surface area contributed by atoms with Gasteiger partial charge in [-0.25, -0.2) is 8.42 Å². The molecule has 0 atom stereocenters. The van der Waals surface area contributed by atoms with E-state index in [1.807, 2.05) is 0 Å². The third-order valence-corrected chi connectivity index (χ3v) is 6.67. The molecule has 4 rings (SSSR count). The van der Waals surface area contributed by atoms with Gasteiger partial charge in [0.2, 0.25) is 5.89 Å². The highest BCUT2D eigenvalue weighted by molar-refractivity contribution is 7.92. The van der Waals surface area contributed by atoms with Crippen LogP contribution in [-0.4, -0.2) is 30.3 Å². The number of rotatable bonds is 6. The summed E-state index contributed by atoms with van der Waals surface area (Å²) in [5.74, 6) is 1.86. The molecule has 1 aliphatic rings. The second-order valence-corrected chi connectivity index (χ2v) is 8.62. The SMILES string of the molecule is COc1cccc(NS(=O)(=O)c2c(C)c(-c3nnc(C4CC4)o3)n(C)c2C)c1. The quantitative estimate of drug-likeness (QED) is 0.679. The number of aromatic nitrogens is 3. The minimum absolute atomic E-state index is 0.207. The molecule has 0 spiro atoms. The van der Waals surface area contributed by atoms with Crippen molar-refractivity contribution >= 4 is 15.7 Å². The number of sulfonamides is 1. The van der Waals surface area contributed by atoms with Crippen LogP contribution in [0.4, 0.5) is 5.69 Å². The molecule has 1 saturated carbocycles. The zero-order valence-electron chi connectivity index (χ0n) is 16.2. The second kappa shape index (κ2) is 6.66. The summed E-state index contributed by atoms with van der Waals surface area (Å²) in [6.45, 7) is 3.51. The number of ether oxygens (including phenoxy) is 1. The molecule has 28 heavy (non-hydrogen) atoms. The maximum absolute atomic E-state index is 13.1. The van der Waals surface area contributed by atoms with Crippen molar-refractivity contribution in [2.24, 2.45) is 7.05 Å². The van der Waals surface area contributed by atoms with Crippen molar-refractivity contribution in [2.75, 3.05) is 11.8 Å². The summed E-state index contributed by atoms with van der Waals surface area (Å²) in [7, 11) is -0.494. The molecular formula is C19H22N4O4S. The van der Waals surface area contributed by atoms with Gasteiger partial charge in [-0.05, 0) is 38.8 Å². The van der Waals surface area contributed by atoms with Crippen molar-refractivity contribution in [3.05, 3.63) is 41.4 Å². The molecule has 1 fully saturated rings. The van der Waals surface area contributed by atoms with Gasteiger partial charge in [0, 0.05) is 30.3 Å². The first-order valence-electron chi connectivity index (χ1n) is 8.98. The Morgan fingerprint density at radius 2 is 2.00 bits per heavy atom. The van der Waals surface area contributed by atoms with Gasteiger partial charge in [-0.15, -0.1) is 10.2 Å². The number of hydrogen-bond acceptors (Lipinski definition) is 6. The maximum atomic E-state index is 13.1. The van der Waals surface area contributed by atoms with E-state index in [1.165, 1.54) is 7.11 Å². The predicted molar refractivity (Wildman–Crippen MR) is 104 cm³/mol. The molecule has 0 bridgehead atoms. The number of anilines is 1. The molecule has 0 amide bonds. The third kappa shape index (κ3) is 3.15. The number of methoxy groups -OCH3 is 1. The Kier molecular flexibility index (Phi) is 4.41. The van der Waals surface area contributed by atoms with E-state index in [0.29, 0.717) is 46.1 Å². The molecule has 2 aromatic heterocycles. The second-order valence-electron chi connectivity index (χ2n) is 7.00. The Bertz CT molecular complexity index is 1140. The van der Waals surface area contributed by atoms with Gasteiger partial charge in [0.15, 0.2) is 0 Å². The third-order valence-electron chi connectivity index (χ3n) is 5.02. The number of nitrogens with one attached hydrogen (secondary N) is 1. The summed E-state index contributed by atoms with van der Waals surface area (Å²) in [6.07, 6.45) is 2.10. The Morgan fingerprint density at radius 3 is 2.68 bits per heavy atom. The van der Waals surface area contributed by atoms with Gasteiger partial charge in [0.05, 0.1) is 12.8 Å². The zero-order valence-corrected chi connectivity index (χ0v) is 17.0. The fourth-order valence-electron chi connectivity index (χ4n) is 3.37. The lowest BCUT2D eigenvalue weighted by molar-refractivity contribution is 0.415. The zero-order chi connectivity index (χ0) is 20.1. The smallest absolute Gasteiger partial charge is 0.264 e. The van der Waals surface area contributed by atoms with Gasteiger partial charge in [0.25, 0.3) is 15.9 Å². The lowest BCUT2D eigenvalue weighted by atomic mass is 10.2. The topological polar surface area (TPSA) is 99.2 Å². The van der Waals surface area contributed by atoms with Gasteiger partial charge < -0.3 is 13.7 Å². The minimum atomic E-state index is -3.82. The first-order chi connectivity index (χ1) is 13.3. The fourth-order valence-corrected chi connectivity index (χ4v) is 4.93. The summed E-state index contributed by atoms with van der Waals surface area (Å²) >= 11 is 0. The van der Waals surface area contributed by atoms with Crippen LogP contribution >= 0.6 is 0 Å². The molecule has 148 valence electrons. The van der Waals surface area contributed by atoms with Gasteiger partial charge in [-0.2, -0.15) is 0 Å². The van der Waals surface area contributed by atoms with Crippen molar-refractivity contribution in [3.63, 3.8) is 0 Å². The molecule has 3 aromatic rings. The van der Waals surface area contributed by atoms with E-state index in [-0.39, 0.29) is 4.90 Å². The molecule has 0 aliphatic heterocycles. The molecule has 8 nitrogen and oxygen atoms in total. The Labute approximate surface area is 163 Å². The fraction of sp³-hybridized carbons (Fsp3) is 0.368. The van der Waals surface area contributed by atoms with Crippen LogP contribution in [-0.2, 0) is 17.1 Å². The Hall–Kier alpha value is -2.81. The van der Waals surface area contributed by atoms with Crippen molar-refractivity contribution in [1.29, 1.82) is 0 Å². The first kappa shape index (κ1) is 18.5. The first-order valence-corrected chi connectivity index (χ1v) is 10.5. The lowest BCUT2D eigenvalue weighted by Gasteiger charge is -2.10. The van der Waals surface area contributed by atoms with Gasteiger partial charge >= 0.3 is 0 Å². The molecular weight excluding hydrogens is 380 g/mol. The van der Waals surface area contributed by atoms with Crippen LogP contribution in [0.1, 0.15) is 35.9 Å². The Morgan fingerprint density at radius 1 is 1.25 bits per heavy atom. The monoisotopic (exact) mass is 402 g/mol. The van der Waals surface area contributed by atoms with Crippen LogP contribution < -0.4 is 9.46 Å². The van der Waals surface area contributed by atoms with Crippen LogP contribution in [0.2, 0.25) is 0 Å². The molecule has 2 heterocycles. The molecule has 1 aliphatic carbocycles. The minimum Gasteiger partial charge on any atom is -0.497 e. The maximum Gasteiger partial charge on any atom is 0.264 e. The van der Waals surface area contributed by atoms with Crippen LogP contribution in [0, 0.1) is 13.8 Å². The number of nitrogens with zero attached hydrogens (tertiary/aromatic N) is 3. The Balaban J connectivity index is 1.74. The van der Waals surface area contributed by atoms with Gasteiger partial charge in [0.1, 0.15) is 16.3 Å². The van der Waals surface area contributed by atoms with Crippen LogP contribution in [0.3, 0.4) is 0 Å². The molecule has 1 N–H and O–H groups in total. The van der Waals surface area contributed by atoms with E-state index in [4.69, 9.17) is 9.15 Å². The summed E-state index contributed by atoms with van der Waals surface area (Å²) in [5, 5.41) is 8.26. The molecule has 9 heteroatoms.